The lowest BCUT2D eigenvalue weighted by Crippen LogP contribution is -2.45. The van der Waals surface area contributed by atoms with Crippen LogP contribution in [0.15, 0.2) is 30.3 Å². The summed E-state index contributed by atoms with van der Waals surface area (Å²) in [6, 6.07) is 12.0. The number of aliphatic hydroxyl groups is 1. The lowest BCUT2D eigenvalue weighted by atomic mass is 9.94. The second-order valence-electron chi connectivity index (χ2n) is 5.06. The van der Waals surface area contributed by atoms with Crippen LogP contribution >= 0.6 is 0 Å². The van der Waals surface area contributed by atoms with E-state index >= 15 is 0 Å². The average molecular weight is 260 g/mol. The van der Waals surface area contributed by atoms with Crippen molar-refractivity contribution in [1.29, 1.82) is 5.26 Å². The summed E-state index contributed by atoms with van der Waals surface area (Å²) < 4.78 is 5.24. The van der Waals surface area contributed by atoms with Crippen LogP contribution in [-0.4, -0.2) is 37.0 Å². The Morgan fingerprint density at radius 2 is 2.00 bits per heavy atom. The molecule has 0 amide bonds. The number of rotatable bonds is 5. The van der Waals surface area contributed by atoms with Gasteiger partial charge in [0.25, 0.3) is 0 Å². The first kappa shape index (κ1) is 14.0. The van der Waals surface area contributed by atoms with E-state index in [1.54, 1.807) is 0 Å². The normalized spacial score (nSPS) is 19.6. The summed E-state index contributed by atoms with van der Waals surface area (Å²) in [4.78, 5) is 0. The lowest BCUT2D eigenvalue weighted by Gasteiger charge is -2.32. The van der Waals surface area contributed by atoms with E-state index in [0.29, 0.717) is 39.1 Å². The average Bonchev–Trinajstić information content (AvgIpc) is 2.45. The Balaban J connectivity index is 1.82. The smallest absolute Gasteiger partial charge is 0.0837 e. The quantitative estimate of drug-likeness (QED) is 0.840. The summed E-state index contributed by atoms with van der Waals surface area (Å²) in [6.45, 7) is 2.29. The molecule has 0 spiro atoms. The van der Waals surface area contributed by atoms with Gasteiger partial charge in [0.05, 0.1) is 17.6 Å². The fourth-order valence-electron chi connectivity index (χ4n) is 2.30. The minimum atomic E-state index is -0.686. The van der Waals surface area contributed by atoms with Crippen LogP contribution < -0.4 is 5.32 Å². The molecule has 2 rings (SSSR count). The van der Waals surface area contributed by atoms with Gasteiger partial charge in [0.15, 0.2) is 0 Å². The summed E-state index contributed by atoms with van der Waals surface area (Å²) >= 11 is 0. The Bertz CT molecular complexity index is 422. The molecule has 0 aromatic heterocycles. The maximum atomic E-state index is 10.3. The summed E-state index contributed by atoms with van der Waals surface area (Å²) in [6.07, 6.45) is 1.31. The molecule has 1 heterocycles. The zero-order chi connectivity index (χ0) is 13.6. The summed E-state index contributed by atoms with van der Waals surface area (Å²) in [5.41, 5.74) is 0.325. The lowest BCUT2D eigenvalue weighted by molar-refractivity contribution is -0.0614. The van der Waals surface area contributed by atoms with Crippen molar-refractivity contribution in [3.05, 3.63) is 35.9 Å². The van der Waals surface area contributed by atoms with Gasteiger partial charge >= 0.3 is 0 Å². The molecule has 1 aromatic rings. The molecule has 1 unspecified atom stereocenters. The fourth-order valence-corrected chi connectivity index (χ4v) is 2.30. The highest BCUT2D eigenvalue weighted by molar-refractivity contribution is 5.25. The third kappa shape index (κ3) is 4.03. The van der Waals surface area contributed by atoms with Gasteiger partial charge in [-0.1, -0.05) is 30.3 Å². The van der Waals surface area contributed by atoms with Crippen LogP contribution in [0, 0.1) is 11.3 Å². The van der Waals surface area contributed by atoms with Crippen LogP contribution in [0.5, 0.6) is 0 Å². The molecule has 1 aliphatic rings. The molecule has 0 radical (unpaired) electrons. The minimum Gasteiger partial charge on any atom is -0.388 e. The number of nitrogens with one attached hydrogen (secondary N) is 1. The van der Waals surface area contributed by atoms with Gasteiger partial charge in [-0.25, -0.2) is 0 Å². The largest absolute Gasteiger partial charge is 0.388 e. The first-order valence-electron chi connectivity index (χ1n) is 6.69. The highest BCUT2D eigenvalue weighted by atomic mass is 16.5. The Hall–Kier alpha value is -1.41. The van der Waals surface area contributed by atoms with Crippen LogP contribution in [-0.2, 0) is 4.74 Å². The zero-order valence-electron chi connectivity index (χ0n) is 11.0. The van der Waals surface area contributed by atoms with Crippen LogP contribution in [0.3, 0.4) is 0 Å². The number of nitriles is 1. The molecule has 0 bridgehead atoms. The summed E-state index contributed by atoms with van der Waals surface area (Å²) in [7, 11) is 0. The Morgan fingerprint density at radius 3 is 2.63 bits per heavy atom. The van der Waals surface area contributed by atoms with E-state index in [4.69, 9.17) is 4.74 Å². The number of hydrogen-bond donors (Lipinski definition) is 2. The van der Waals surface area contributed by atoms with Crippen LogP contribution in [0.25, 0.3) is 0 Å². The Labute approximate surface area is 114 Å². The molecule has 4 heteroatoms. The van der Waals surface area contributed by atoms with Gasteiger partial charge in [0.1, 0.15) is 0 Å². The molecular formula is C15H20N2O2. The van der Waals surface area contributed by atoms with Crippen molar-refractivity contribution < 1.29 is 9.84 Å². The molecule has 0 saturated carbocycles. The molecule has 19 heavy (non-hydrogen) atoms. The highest BCUT2D eigenvalue weighted by Gasteiger charge is 2.29. The minimum absolute atomic E-state index is 0.176. The van der Waals surface area contributed by atoms with Gasteiger partial charge in [-0.15, -0.1) is 0 Å². The standard InChI is InChI=1S/C15H20N2O2/c16-10-14(13-4-2-1-3-5-13)11-17-12-15(18)6-8-19-9-7-15/h1-5,14,17-18H,6-9,11-12H2. The van der Waals surface area contributed by atoms with E-state index in [9.17, 15) is 10.4 Å². The third-order valence-corrected chi connectivity index (χ3v) is 3.58. The van der Waals surface area contributed by atoms with Gasteiger partial charge in [-0.05, 0) is 5.56 Å². The molecule has 1 atom stereocenters. The monoisotopic (exact) mass is 260 g/mol. The Kier molecular flexibility index (Phi) is 4.92. The van der Waals surface area contributed by atoms with Crippen molar-refractivity contribution in [2.45, 2.75) is 24.4 Å². The molecule has 1 aromatic carbocycles. The molecule has 1 aliphatic heterocycles. The predicted molar refractivity (Wildman–Crippen MR) is 72.7 cm³/mol. The van der Waals surface area contributed by atoms with E-state index in [1.165, 1.54) is 0 Å². The van der Waals surface area contributed by atoms with E-state index < -0.39 is 5.60 Å². The zero-order valence-corrected chi connectivity index (χ0v) is 11.0. The summed E-state index contributed by atoms with van der Waals surface area (Å²) in [5.74, 6) is -0.176. The van der Waals surface area contributed by atoms with Crippen molar-refractivity contribution in [3.8, 4) is 6.07 Å². The van der Waals surface area contributed by atoms with Gasteiger partial charge in [0, 0.05) is 39.1 Å². The first-order valence-corrected chi connectivity index (χ1v) is 6.69. The van der Waals surface area contributed by atoms with E-state index in [2.05, 4.69) is 11.4 Å². The van der Waals surface area contributed by atoms with Crippen molar-refractivity contribution >= 4 is 0 Å². The van der Waals surface area contributed by atoms with Crippen molar-refractivity contribution in [2.75, 3.05) is 26.3 Å². The number of hydrogen-bond acceptors (Lipinski definition) is 4. The van der Waals surface area contributed by atoms with Crippen LogP contribution in [0.1, 0.15) is 24.3 Å². The van der Waals surface area contributed by atoms with Crippen molar-refractivity contribution in [2.24, 2.45) is 0 Å². The first-order chi connectivity index (χ1) is 9.23. The Morgan fingerprint density at radius 1 is 1.32 bits per heavy atom. The van der Waals surface area contributed by atoms with Gasteiger partial charge in [-0.2, -0.15) is 5.26 Å². The number of benzene rings is 1. The van der Waals surface area contributed by atoms with E-state index in [-0.39, 0.29) is 5.92 Å². The molecule has 4 nitrogen and oxygen atoms in total. The maximum absolute atomic E-state index is 10.3. The second-order valence-corrected chi connectivity index (χ2v) is 5.06. The molecule has 0 aliphatic carbocycles. The van der Waals surface area contributed by atoms with Gasteiger partial charge < -0.3 is 15.2 Å². The van der Waals surface area contributed by atoms with Crippen molar-refractivity contribution in [1.82, 2.24) is 5.32 Å². The van der Waals surface area contributed by atoms with Gasteiger partial charge in [-0.3, -0.25) is 0 Å². The van der Waals surface area contributed by atoms with Gasteiger partial charge in [0.2, 0.25) is 0 Å². The fraction of sp³-hybridized carbons (Fsp3) is 0.533. The number of nitrogens with zero attached hydrogens (tertiary/aromatic N) is 1. The molecular weight excluding hydrogens is 240 g/mol. The topological polar surface area (TPSA) is 65.3 Å². The highest BCUT2D eigenvalue weighted by Crippen LogP contribution is 2.20. The van der Waals surface area contributed by atoms with Crippen LogP contribution in [0.4, 0.5) is 0 Å². The molecule has 2 N–H and O–H groups in total. The SMILES string of the molecule is N#CC(CNCC1(O)CCOCC1)c1ccccc1. The van der Waals surface area contributed by atoms with E-state index in [1.807, 2.05) is 30.3 Å². The maximum Gasteiger partial charge on any atom is 0.0837 e. The predicted octanol–water partition coefficient (Wildman–Crippen LogP) is 1.42. The number of ether oxygens (including phenoxy) is 1. The second kappa shape index (κ2) is 6.67. The molecule has 1 fully saturated rings. The molecule has 102 valence electrons. The third-order valence-electron chi connectivity index (χ3n) is 3.58. The van der Waals surface area contributed by atoms with E-state index in [0.717, 1.165) is 5.56 Å². The van der Waals surface area contributed by atoms with Crippen molar-refractivity contribution in [3.63, 3.8) is 0 Å². The summed E-state index contributed by atoms with van der Waals surface area (Å²) in [5, 5.41) is 22.7. The molecule has 1 saturated heterocycles. The van der Waals surface area contributed by atoms with Crippen LogP contribution in [0.2, 0.25) is 0 Å².